The molecule has 3 heteroatoms. The van der Waals surface area contributed by atoms with Crippen LogP contribution in [0.25, 0.3) is 0 Å². The van der Waals surface area contributed by atoms with Crippen LogP contribution in [0.4, 0.5) is 0 Å². The van der Waals surface area contributed by atoms with Crippen molar-refractivity contribution in [3.8, 4) is 0 Å². The fourth-order valence-corrected chi connectivity index (χ4v) is 3.50. The van der Waals surface area contributed by atoms with Gasteiger partial charge in [0.15, 0.2) is 0 Å². The molecule has 0 bridgehead atoms. The Balaban J connectivity index is 1.73. The average Bonchev–Trinajstić information content (AvgIpc) is 2.34. The summed E-state index contributed by atoms with van der Waals surface area (Å²) >= 11 is 0. The summed E-state index contributed by atoms with van der Waals surface area (Å²) in [6.07, 6.45) is 6.80. The molecule has 1 saturated carbocycles. The van der Waals surface area contributed by atoms with E-state index in [1.807, 2.05) is 7.11 Å². The lowest BCUT2D eigenvalue weighted by Gasteiger charge is -2.47. The molecule has 0 spiro atoms. The van der Waals surface area contributed by atoms with E-state index in [0.717, 1.165) is 24.5 Å². The molecule has 1 N–H and O–H groups in total. The van der Waals surface area contributed by atoms with Crippen molar-refractivity contribution in [2.75, 3.05) is 39.9 Å². The third-order valence-electron chi connectivity index (χ3n) is 4.63. The molecule has 1 aliphatic carbocycles. The molecule has 3 nitrogen and oxygen atoms in total. The second kappa shape index (κ2) is 7.46. The van der Waals surface area contributed by atoms with E-state index in [0.29, 0.717) is 0 Å². The Morgan fingerprint density at radius 3 is 2.83 bits per heavy atom. The number of ether oxygens (including phenoxy) is 1. The van der Waals surface area contributed by atoms with Crippen molar-refractivity contribution < 1.29 is 4.74 Å². The second-order valence-corrected chi connectivity index (χ2v) is 6.07. The topological polar surface area (TPSA) is 24.5 Å². The van der Waals surface area contributed by atoms with Gasteiger partial charge in [-0.1, -0.05) is 6.92 Å². The highest BCUT2D eigenvalue weighted by atomic mass is 16.5. The molecule has 3 unspecified atom stereocenters. The van der Waals surface area contributed by atoms with Gasteiger partial charge in [-0.15, -0.1) is 0 Å². The van der Waals surface area contributed by atoms with E-state index < -0.39 is 0 Å². The molecule has 2 rings (SSSR count). The summed E-state index contributed by atoms with van der Waals surface area (Å²) in [5.74, 6) is 1.67. The number of rotatable bonds is 7. The molecule has 106 valence electrons. The van der Waals surface area contributed by atoms with Crippen LogP contribution in [-0.2, 0) is 4.74 Å². The molecule has 2 fully saturated rings. The van der Waals surface area contributed by atoms with Crippen LogP contribution in [0.1, 0.15) is 39.0 Å². The molecule has 1 aliphatic heterocycles. The zero-order valence-electron chi connectivity index (χ0n) is 12.2. The fraction of sp³-hybridized carbons (Fsp3) is 1.00. The van der Waals surface area contributed by atoms with E-state index in [9.17, 15) is 0 Å². The highest BCUT2D eigenvalue weighted by molar-refractivity contribution is 4.92. The smallest absolute Gasteiger partial charge is 0.0502 e. The zero-order chi connectivity index (χ0) is 12.8. The van der Waals surface area contributed by atoms with E-state index in [1.54, 1.807) is 0 Å². The number of piperidine rings is 1. The van der Waals surface area contributed by atoms with Crippen molar-refractivity contribution in [1.29, 1.82) is 0 Å². The maximum Gasteiger partial charge on any atom is 0.0502 e. The molecule has 0 radical (unpaired) electrons. The molecule has 0 amide bonds. The molecular weight excluding hydrogens is 224 g/mol. The second-order valence-electron chi connectivity index (χ2n) is 6.07. The predicted octanol–water partition coefficient (Wildman–Crippen LogP) is 2.12. The lowest BCUT2D eigenvalue weighted by Crippen LogP contribution is -2.53. The van der Waals surface area contributed by atoms with Gasteiger partial charge in [-0.3, -0.25) is 4.90 Å². The number of nitrogens with one attached hydrogen (secondary N) is 1. The SMILES string of the molecule is CCCNCC1CCC1N1CCCC(COC)C1. The Morgan fingerprint density at radius 2 is 2.17 bits per heavy atom. The Bertz CT molecular complexity index is 233. The highest BCUT2D eigenvalue weighted by Crippen LogP contribution is 2.34. The van der Waals surface area contributed by atoms with Gasteiger partial charge < -0.3 is 10.1 Å². The van der Waals surface area contributed by atoms with Gasteiger partial charge >= 0.3 is 0 Å². The molecule has 0 aromatic rings. The van der Waals surface area contributed by atoms with E-state index >= 15 is 0 Å². The minimum absolute atomic E-state index is 0.772. The molecule has 3 atom stereocenters. The molecule has 0 aromatic carbocycles. The van der Waals surface area contributed by atoms with Crippen molar-refractivity contribution >= 4 is 0 Å². The summed E-state index contributed by atoms with van der Waals surface area (Å²) in [4.78, 5) is 2.75. The molecule has 2 aliphatic rings. The van der Waals surface area contributed by atoms with Crippen molar-refractivity contribution in [3.63, 3.8) is 0 Å². The largest absolute Gasteiger partial charge is 0.384 e. The summed E-state index contributed by atoms with van der Waals surface area (Å²) in [5.41, 5.74) is 0. The van der Waals surface area contributed by atoms with Crippen LogP contribution in [0.15, 0.2) is 0 Å². The minimum Gasteiger partial charge on any atom is -0.384 e. The highest BCUT2D eigenvalue weighted by Gasteiger charge is 2.36. The molecule has 0 aromatic heterocycles. The van der Waals surface area contributed by atoms with E-state index in [2.05, 4.69) is 17.1 Å². The summed E-state index contributed by atoms with van der Waals surface area (Å²) in [6.45, 7) is 8.17. The normalized spacial score (nSPS) is 33.3. The van der Waals surface area contributed by atoms with Gasteiger partial charge in [0.05, 0.1) is 6.61 Å². The molecular formula is C15H30N2O. The summed E-state index contributed by atoms with van der Waals surface area (Å²) in [6, 6.07) is 0.856. The molecule has 18 heavy (non-hydrogen) atoms. The minimum atomic E-state index is 0.772. The van der Waals surface area contributed by atoms with Gasteiger partial charge in [-0.2, -0.15) is 0 Å². The maximum atomic E-state index is 5.33. The standard InChI is InChI=1S/C15H30N2O/c1-3-8-16-10-14-6-7-15(14)17-9-4-5-13(11-17)12-18-2/h13-16H,3-12H2,1-2H3. The van der Waals surface area contributed by atoms with E-state index in [4.69, 9.17) is 4.74 Å². The van der Waals surface area contributed by atoms with Gasteiger partial charge in [0.2, 0.25) is 0 Å². The average molecular weight is 254 g/mol. The number of methoxy groups -OCH3 is 1. The van der Waals surface area contributed by atoms with Crippen molar-refractivity contribution in [2.24, 2.45) is 11.8 Å². The van der Waals surface area contributed by atoms with Crippen LogP contribution in [-0.4, -0.2) is 50.8 Å². The van der Waals surface area contributed by atoms with E-state index in [-0.39, 0.29) is 0 Å². The van der Waals surface area contributed by atoms with Crippen molar-refractivity contribution in [1.82, 2.24) is 10.2 Å². The molecule has 1 saturated heterocycles. The van der Waals surface area contributed by atoms with Crippen LogP contribution in [0.2, 0.25) is 0 Å². The quantitative estimate of drug-likeness (QED) is 0.704. The number of nitrogens with zero attached hydrogens (tertiary/aromatic N) is 1. The monoisotopic (exact) mass is 254 g/mol. The van der Waals surface area contributed by atoms with Gasteiger partial charge in [-0.05, 0) is 63.6 Å². The first-order valence-electron chi connectivity index (χ1n) is 7.78. The van der Waals surface area contributed by atoms with E-state index in [1.165, 1.54) is 58.3 Å². The Labute approximate surface area is 112 Å². The third-order valence-corrected chi connectivity index (χ3v) is 4.63. The lowest BCUT2D eigenvalue weighted by molar-refractivity contribution is 0.0106. The first-order chi connectivity index (χ1) is 8.85. The zero-order valence-corrected chi connectivity index (χ0v) is 12.2. The number of likely N-dealkylation sites (tertiary alicyclic amines) is 1. The Hall–Kier alpha value is -0.120. The first kappa shape index (κ1) is 14.3. The Kier molecular flexibility index (Phi) is 5.93. The Morgan fingerprint density at radius 1 is 1.28 bits per heavy atom. The summed E-state index contributed by atoms with van der Waals surface area (Å²) in [7, 11) is 1.83. The van der Waals surface area contributed by atoms with Gasteiger partial charge in [-0.25, -0.2) is 0 Å². The van der Waals surface area contributed by atoms with Crippen LogP contribution < -0.4 is 5.32 Å². The fourth-order valence-electron chi connectivity index (χ4n) is 3.50. The van der Waals surface area contributed by atoms with Gasteiger partial charge in [0.25, 0.3) is 0 Å². The number of hydrogen-bond donors (Lipinski definition) is 1. The summed E-state index contributed by atoms with van der Waals surface area (Å²) < 4.78 is 5.33. The van der Waals surface area contributed by atoms with Crippen molar-refractivity contribution in [3.05, 3.63) is 0 Å². The third kappa shape index (κ3) is 3.69. The first-order valence-corrected chi connectivity index (χ1v) is 7.78. The van der Waals surface area contributed by atoms with Gasteiger partial charge in [0, 0.05) is 19.7 Å². The lowest BCUT2D eigenvalue weighted by atomic mass is 9.77. The van der Waals surface area contributed by atoms with Gasteiger partial charge in [0.1, 0.15) is 0 Å². The van der Waals surface area contributed by atoms with Crippen molar-refractivity contribution in [2.45, 2.75) is 45.1 Å². The van der Waals surface area contributed by atoms with Crippen LogP contribution in [0.3, 0.4) is 0 Å². The molecule has 1 heterocycles. The van der Waals surface area contributed by atoms with Crippen LogP contribution in [0, 0.1) is 11.8 Å². The number of hydrogen-bond acceptors (Lipinski definition) is 3. The predicted molar refractivity (Wildman–Crippen MR) is 75.8 cm³/mol. The van der Waals surface area contributed by atoms with Crippen LogP contribution in [0.5, 0.6) is 0 Å². The maximum absolute atomic E-state index is 5.33. The summed E-state index contributed by atoms with van der Waals surface area (Å²) in [5, 5.41) is 3.59. The van der Waals surface area contributed by atoms with Crippen LogP contribution >= 0.6 is 0 Å².